The van der Waals surface area contributed by atoms with E-state index in [0.717, 1.165) is 17.5 Å². The molecule has 1 aromatic heterocycles. The van der Waals surface area contributed by atoms with Crippen LogP contribution in [0.1, 0.15) is 36.9 Å². The summed E-state index contributed by atoms with van der Waals surface area (Å²) in [5.41, 5.74) is 5.99. The van der Waals surface area contributed by atoms with Crippen LogP contribution < -0.4 is 10.5 Å². The summed E-state index contributed by atoms with van der Waals surface area (Å²) in [6, 6.07) is 0.198. The van der Waals surface area contributed by atoms with Crippen molar-refractivity contribution < 1.29 is 29.0 Å². The predicted molar refractivity (Wildman–Crippen MR) is 106 cm³/mol. The van der Waals surface area contributed by atoms with Crippen LogP contribution in [0.5, 0.6) is 5.88 Å². The molecule has 1 fully saturated rings. The second-order valence-electron chi connectivity index (χ2n) is 7.17. The van der Waals surface area contributed by atoms with Crippen molar-refractivity contribution in [3.05, 3.63) is 33.4 Å². The Morgan fingerprint density at radius 1 is 1.27 bits per heavy atom. The van der Waals surface area contributed by atoms with Gasteiger partial charge >= 0.3 is 10.2 Å². The lowest BCUT2D eigenvalue weighted by Crippen LogP contribution is -2.10. The number of carbonyl (C=O) groups is 1. The third-order valence-electron chi connectivity index (χ3n) is 4.61. The molecule has 3 rings (SSSR count). The number of halogens is 7. The first-order chi connectivity index (χ1) is 13.7. The van der Waals surface area contributed by atoms with E-state index in [2.05, 4.69) is 5.10 Å². The Morgan fingerprint density at radius 2 is 1.83 bits per heavy atom. The molecule has 1 aromatic carbocycles. The molecular weight excluding hydrogens is 476 g/mol. The van der Waals surface area contributed by atoms with E-state index in [0.29, 0.717) is 11.8 Å². The Morgan fingerprint density at radius 3 is 2.27 bits per heavy atom. The molecule has 0 spiro atoms. The second kappa shape index (κ2) is 6.98. The number of aromatic nitrogens is 2. The highest BCUT2D eigenvalue weighted by atomic mass is 35.5. The molecule has 0 radical (unpaired) electrons. The van der Waals surface area contributed by atoms with Crippen molar-refractivity contribution in [1.82, 2.24) is 9.78 Å². The van der Waals surface area contributed by atoms with E-state index >= 15 is 0 Å². The smallest absolute Gasteiger partial charge is 0.310 e. The molecule has 2 N–H and O–H groups in total. The average Bonchev–Trinajstić information content (AvgIpc) is 3.37. The number of aldehydes is 1. The minimum absolute atomic E-state index is 0.0332. The molecule has 1 aliphatic carbocycles. The number of rotatable bonds is 8. The quantitative estimate of drug-likeness (QED) is 0.341. The molecule has 0 aliphatic heterocycles. The standard InChI is InChI=1S/C17H18Cl2F5N3O2S/c1-9(7-28)15-14(6-25)26-27(17(15)29-8-10-2-3-10)16-12(18)4-11(5-13(16)19)30(20,21,22,23)24/h4-5,7,9-10H,2-3,6,8,25H2,1H3. The van der Waals surface area contributed by atoms with E-state index in [1.54, 1.807) is 6.92 Å². The fraction of sp³-hybridized carbons (Fsp3) is 0.412. The third-order valence-corrected chi connectivity index (χ3v) is 6.31. The van der Waals surface area contributed by atoms with E-state index in [-0.39, 0.29) is 48.5 Å². The molecule has 1 atom stereocenters. The van der Waals surface area contributed by atoms with Gasteiger partial charge < -0.3 is 15.3 Å². The Kier molecular flexibility index (Phi) is 5.37. The molecule has 1 aliphatic rings. The van der Waals surface area contributed by atoms with Gasteiger partial charge in [0.25, 0.3) is 0 Å². The number of nitrogens with zero attached hydrogens (tertiary/aromatic N) is 2. The number of benzene rings is 1. The Bertz CT molecular complexity index is 987. The Hall–Kier alpha value is -1.56. The topological polar surface area (TPSA) is 70.1 Å². The lowest BCUT2D eigenvalue weighted by atomic mass is 10.0. The third kappa shape index (κ3) is 4.68. The van der Waals surface area contributed by atoms with E-state index in [1.165, 1.54) is 0 Å². The highest BCUT2D eigenvalue weighted by molar-refractivity contribution is 8.45. The predicted octanol–water partition coefficient (Wildman–Crippen LogP) is 6.39. The fourth-order valence-electron chi connectivity index (χ4n) is 2.87. The van der Waals surface area contributed by atoms with Crippen LogP contribution in [-0.4, -0.2) is 22.7 Å². The summed E-state index contributed by atoms with van der Waals surface area (Å²) in [5.74, 6) is -0.380. The first kappa shape index (κ1) is 23.1. The molecule has 30 heavy (non-hydrogen) atoms. The lowest BCUT2D eigenvalue weighted by Gasteiger charge is -2.40. The van der Waals surface area contributed by atoms with Crippen LogP contribution in [0.25, 0.3) is 5.69 Å². The van der Waals surface area contributed by atoms with E-state index < -0.39 is 31.1 Å². The van der Waals surface area contributed by atoms with Gasteiger partial charge in [0, 0.05) is 18.0 Å². The van der Waals surface area contributed by atoms with Crippen LogP contribution in [0.3, 0.4) is 0 Å². The average molecular weight is 494 g/mol. The highest BCUT2D eigenvalue weighted by Gasteiger charge is 2.65. The SMILES string of the molecule is CC(C=O)c1c(CN)nn(-c2c(Cl)cc(S(F)(F)(F)(F)F)cc2Cl)c1OCC1CC1. The maximum atomic E-state index is 13.2. The van der Waals surface area contributed by atoms with E-state index in [9.17, 15) is 24.2 Å². The number of carbonyl (C=O) groups excluding carboxylic acids is 1. The number of hydrogen-bond donors (Lipinski definition) is 1. The Labute approximate surface area is 179 Å². The van der Waals surface area contributed by atoms with Crippen LogP contribution in [0.2, 0.25) is 10.0 Å². The minimum Gasteiger partial charge on any atom is -0.477 e. The zero-order valence-corrected chi connectivity index (χ0v) is 17.9. The largest absolute Gasteiger partial charge is 0.477 e. The molecule has 2 aromatic rings. The van der Waals surface area contributed by atoms with Crippen molar-refractivity contribution in [3.63, 3.8) is 0 Å². The molecule has 13 heteroatoms. The van der Waals surface area contributed by atoms with E-state index in [4.69, 9.17) is 33.7 Å². The van der Waals surface area contributed by atoms with Gasteiger partial charge in [-0.1, -0.05) is 49.6 Å². The number of nitrogens with two attached hydrogens (primary N) is 1. The summed E-state index contributed by atoms with van der Waals surface area (Å²) >= 11 is 11.9. The highest BCUT2D eigenvalue weighted by Crippen LogP contribution is 3.02. The van der Waals surface area contributed by atoms with Gasteiger partial charge in [0.2, 0.25) is 5.88 Å². The van der Waals surface area contributed by atoms with Crippen LogP contribution in [0, 0.1) is 5.92 Å². The number of ether oxygens (including phenoxy) is 1. The van der Waals surface area contributed by atoms with E-state index in [1.807, 2.05) is 0 Å². The van der Waals surface area contributed by atoms with Crippen molar-refractivity contribution >= 4 is 39.7 Å². The molecule has 168 valence electrons. The van der Waals surface area contributed by atoms with Gasteiger partial charge in [0.05, 0.1) is 22.3 Å². The molecule has 5 nitrogen and oxygen atoms in total. The minimum atomic E-state index is -10.0. The zero-order chi connectivity index (χ0) is 22.5. The lowest BCUT2D eigenvalue weighted by molar-refractivity contribution is -0.108. The summed E-state index contributed by atoms with van der Waals surface area (Å²) in [5, 5.41) is 2.77. The van der Waals surface area contributed by atoms with Gasteiger partial charge in [-0.15, -0.1) is 0 Å². The van der Waals surface area contributed by atoms with Crippen molar-refractivity contribution in [2.75, 3.05) is 6.61 Å². The summed E-state index contributed by atoms with van der Waals surface area (Å²) in [4.78, 5) is 9.17. The molecule has 1 saturated carbocycles. The van der Waals surface area contributed by atoms with Crippen LogP contribution in [-0.2, 0) is 11.3 Å². The van der Waals surface area contributed by atoms with Gasteiger partial charge in [-0.25, -0.2) is 0 Å². The molecule has 1 unspecified atom stereocenters. The van der Waals surface area contributed by atoms with Crippen LogP contribution >= 0.6 is 33.4 Å². The first-order valence-corrected chi connectivity index (χ1v) is 11.5. The normalized spacial score (nSPS) is 17.9. The second-order valence-corrected chi connectivity index (χ2v) is 10.4. The van der Waals surface area contributed by atoms with Crippen molar-refractivity contribution in [1.29, 1.82) is 0 Å². The van der Waals surface area contributed by atoms with Gasteiger partial charge in [-0.3, -0.25) is 0 Å². The maximum absolute atomic E-state index is 13.2. The summed E-state index contributed by atoms with van der Waals surface area (Å²) < 4.78 is 72.8. The molecule has 0 bridgehead atoms. The molecular formula is C17H18Cl2F5N3O2S. The summed E-state index contributed by atoms with van der Waals surface area (Å²) in [6.45, 7) is 1.73. The first-order valence-electron chi connectivity index (χ1n) is 8.79. The molecule has 1 heterocycles. The van der Waals surface area contributed by atoms with Gasteiger partial charge in [-0.2, -0.15) is 9.78 Å². The fourth-order valence-corrected chi connectivity index (χ4v) is 4.33. The monoisotopic (exact) mass is 493 g/mol. The van der Waals surface area contributed by atoms with Crippen LogP contribution in [0.15, 0.2) is 17.0 Å². The molecule has 0 saturated heterocycles. The summed E-state index contributed by atoms with van der Waals surface area (Å²) in [6.07, 6.45) is 2.51. The van der Waals surface area contributed by atoms with Crippen molar-refractivity contribution in [2.45, 2.75) is 37.1 Å². The maximum Gasteiger partial charge on any atom is 0.310 e. The van der Waals surface area contributed by atoms with Crippen molar-refractivity contribution in [3.8, 4) is 11.6 Å². The van der Waals surface area contributed by atoms with Crippen LogP contribution in [0.4, 0.5) is 19.4 Å². The van der Waals surface area contributed by atoms with Gasteiger partial charge in [-0.05, 0) is 30.9 Å². The zero-order valence-electron chi connectivity index (χ0n) is 15.6. The summed E-state index contributed by atoms with van der Waals surface area (Å²) in [7, 11) is -10.0. The van der Waals surface area contributed by atoms with Crippen molar-refractivity contribution in [2.24, 2.45) is 11.7 Å². The van der Waals surface area contributed by atoms with Gasteiger partial charge in [0.15, 0.2) is 0 Å². The molecule has 0 amide bonds. The van der Waals surface area contributed by atoms with Gasteiger partial charge in [0.1, 0.15) is 16.9 Å². The number of hydrogen-bond acceptors (Lipinski definition) is 4. The Balaban J connectivity index is 2.22.